The maximum absolute atomic E-state index is 9.47. The van der Waals surface area contributed by atoms with Gasteiger partial charge >= 0.3 is 0 Å². The molecular formula is C21H33ClN2O. The number of hydrogen-bond acceptors (Lipinski definition) is 3. The SMILES string of the molecule is Cc1ccc(CNCC2CCC(CN3CCCC3CO)CC2)c(Cl)c1. The van der Waals surface area contributed by atoms with E-state index in [2.05, 4.69) is 29.3 Å². The molecule has 0 spiro atoms. The number of likely N-dealkylation sites (tertiary alicyclic amines) is 1. The van der Waals surface area contributed by atoms with Gasteiger partial charge in [0.1, 0.15) is 0 Å². The Balaban J connectivity index is 1.35. The minimum atomic E-state index is 0.334. The van der Waals surface area contributed by atoms with Crippen LogP contribution in [0.1, 0.15) is 49.7 Å². The van der Waals surface area contributed by atoms with E-state index < -0.39 is 0 Å². The van der Waals surface area contributed by atoms with E-state index in [1.807, 2.05) is 6.07 Å². The first-order chi connectivity index (χ1) is 12.2. The van der Waals surface area contributed by atoms with Crippen LogP contribution in [0.15, 0.2) is 18.2 Å². The summed E-state index contributed by atoms with van der Waals surface area (Å²) < 4.78 is 0. The molecule has 2 fully saturated rings. The van der Waals surface area contributed by atoms with Gasteiger partial charge in [-0.1, -0.05) is 23.7 Å². The summed E-state index contributed by atoms with van der Waals surface area (Å²) in [5.41, 5.74) is 2.42. The number of halogens is 1. The van der Waals surface area contributed by atoms with Crippen LogP contribution in [0.3, 0.4) is 0 Å². The smallest absolute Gasteiger partial charge is 0.0586 e. The van der Waals surface area contributed by atoms with E-state index >= 15 is 0 Å². The summed E-state index contributed by atoms with van der Waals surface area (Å²) in [5.74, 6) is 1.63. The van der Waals surface area contributed by atoms with Crippen LogP contribution in [0.5, 0.6) is 0 Å². The lowest BCUT2D eigenvalue weighted by Crippen LogP contribution is -2.37. The first-order valence-corrected chi connectivity index (χ1v) is 10.3. The Morgan fingerprint density at radius 2 is 1.92 bits per heavy atom. The van der Waals surface area contributed by atoms with Gasteiger partial charge in [-0.3, -0.25) is 4.90 Å². The third kappa shape index (κ3) is 5.43. The van der Waals surface area contributed by atoms with Gasteiger partial charge in [0.15, 0.2) is 0 Å². The van der Waals surface area contributed by atoms with Crippen molar-refractivity contribution in [2.45, 2.75) is 58.0 Å². The van der Waals surface area contributed by atoms with Gasteiger partial charge in [0.25, 0.3) is 0 Å². The maximum atomic E-state index is 9.47. The minimum absolute atomic E-state index is 0.334. The molecule has 0 amide bonds. The van der Waals surface area contributed by atoms with Gasteiger partial charge in [-0.15, -0.1) is 0 Å². The summed E-state index contributed by atoms with van der Waals surface area (Å²) >= 11 is 6.31. The predicted molar refractivity (Wildman–Crippen MR) is 105 cm³/mol. The summed E-state index contributed by atoms with van der Waals surface area (Å²) in [6, 6.07) is 6.74. The lowest BCUT2D eigenvalue weighted by atomic mass is 9.81. The predicted octanol–water partition coefficient (Wildman–Crippen LogP) is 4.00. The number of nitrogens with zero attached hydrogens (tertiary/aromatic N) is 1. The summed E-state index contributed by atoms with van der Waals surface area (Å²) in [6.07, 6.45) is 7.77. The molecular weight excluding hydrogens is 332 g/mol. The number of nitrogens with one attached hydrogen (secondary N) is 1. The zero-order valence-corrected chi connectivity index (χ0v) is 16.3. The van der Waals surface area contributed by atoms with Crippen molar-refractivity contribution in [2.75, 3.05) is 26.2 Å². The van der Waals surface area contributed by atoms with Crippen LogP contribution in [-0.2, 0) is 6.54 Å². The fourth-order valence-corrected chi connectivity index (χ4v) is 4.80. The topological polar surface area (TPSA) is 35.5 Å². The van der Waals surface area contributed by atoms with Crippen molar-refractivity contribution in [3.05, 3.63) is 34.3 Å². The van der Waals surface area contributed by atoms with E-state index in [1.54, 1.807) is 0 Å². The monoisotopic (exact) mass is 364 g/mol. The van der Waals surface area contributed by atoms with Crippen LogP contribution >= 0.6 is 11.6 Å². The molecule has 1 aromatic carbocycles. The average Bonchev–Trinajstić information content (AvgIpc) is 3.05. The first-order valence-electron chi connectivity index (χ1n) is 9.96. The standard InChI is InChI=1S/C21H33ClN2O/c1-16-4-9-19(21(22)11-16)13-23-12-17-5-7-18(8-6-17)14-24-10-2-3-20(24)15-25/h4,9,11,17-18,20,23,25H,2-3,5-8,10,12-15H2,1H3. The highest BCUT2D eigenvalue weighted by Crippen LogP contribution is 2.31. The average molecular weight is 365 g/mol. The van der Waals surface area contributed by atoms with Crippen LogP contribution in [-0.4, -0.2) is 42.3 Å². The molecule has 0 aromatic heterocycles. The van der Waals surface area contributed by atoms with E-state index in [0.717, 1.165) is 29.9 Å². The Morgan fingerprint density at radius 1 is 1.16 bits per heavy atom. The molecule has 2 aliphatic rings. The highest BCUT2D eigenvalue weighted by Gasteiger charge is 2.28. The summed E-state index contributed by atoms with van der Waals surface area (Å²) in [7, 11) is 0. The Kier molecular flexibility index (Phi) is 7.18. The van der Waals surface area contributed by atoms with Gasteiger partial charge in [-0.25, -0.2) is 0 Å². The molecule has 2 N–H and O–H groups in total. The fourth-order valence-electron chi connectivity index (χ4n) is 4.50. The summed E-state index contributed by atoms with van der Waals surface area (Å²) in [4.78, 5) is 2.53. The summed E-state index contributed by atoms with van der Waals surface area (Å²) in [5, 5.41) is 14.0. The Labute approximate surface area is 157 Å². The second-order valence-corrected chi connectivity index (χ2v) is 8.49. The molecule has 140 valence electrons. The maximum Gasteiger partial charge on any atom is 0.0586 e. The van der Waals surface area contributed by atoms with Crippen LogP contribution in [0, 0.1) is 18.8 Å². The third-order valence-corrected chi connectivity index (χ3v) is 6.48. The van der Waals surface area contributed by atoms with Gasteiger partial charge in [0.05, 0.1) is 6.61 Å². The molecule has 3 rings (SSSR count). The van der Waals surface area contributed by atoms with Crippen molar-refractivity contribution in [1.29, 1.82) is 0 Å². The van der Waals surface area contributed by atoms with Crippen LogP contribution in [0.4, 0.5) is 0 Å². The normalized spacial score (nSPS) is 27.7. The lowest BCUT2D eigenvalue weighted by molar-refractivity contribution is 0.124. The van der Waals surface area contributed by atoms with Crippen molar-refractivity contribution in [2.24, 2.45) is 11.8 Å². The molecule has 1 saturated heterocycles. The van der Waals surface area contributed by atoms with Crippen molar-refractivity contribution < 1.29 is 5.11 Å². The number of aryl methyl sites for hydroxylation is 1. The molecule has 3 nitrogen and oxygen atoms in total. The molecule has 1 unspecified atom stereocenters. The Bertz CT molecular complexity index is 543. The molecule has 25 heavy (non-hydrogen) atoms. The van der Waals surface area contributed by atoms with Gasteiger partial charge in [-0.05, 0) is 87.6 Å². The number of hydrogen-bond donors (Lipinski definition) is 2. The second kappa shape index (κ2) is 9.36. The highest BCUT2D eigenvalue weighted by atomic mass is 35.5. The minimum Gasteiger partial charge on any atom is -0.395 e. The number of benzene rings is 1. The quantitative estimate of drug-likeness (QED) is 0.767. The van der Waals surface area contributed by atoms with E-state index in [4.69, 9.17) is 11.6 Å². The zero-order valence-electron chi connectivity index (χ0n) is 15.5. The molecule has 1 atom stereocenters. The zero-order chi connectivity index (χ0) is 17.6. The van der Waals surface area contributed by atoms with Crippen molar-refractivity contribution in [3.8, 4) is 0 Å². The highest BCUT2D eigenvalue weighted by molar-refractivity contribution is 6.31. The molecule has 0 bridgehead atoms. The fraction of sp³-hybridized carbons (Fsp3) is 0.714. The van der Waals surface area contributed by atoms with Crippen LogP contribution < -0.4 is 5.32 Å². The molecule has 1 aliphatic carbocycles. The van der Waals surface area contributed by atoms with Gasteiger partial charge in [0, 0.05) is 24.2 Å². The molecule has 1 heterocycles. The van der Waals surface area contributed by atoms with E-state index in [0.29, 0.717) is 12.6 Å². The summed E-state index contributed by atoms with van der Waals surface area (Å²) in [6.45, 7) is 6.76. The van der Waals surface area contributed by atoms with Crippen LogP contribution in [0.2, 0.25) is 5.02 Å². The molecule has 1 aliphatic heterocycles. The van der Waals surface area contributed by atoms with Gasteiger partial charge in [0.2, 0.25) is 0 Å². The van der Waals surface area contributed by atoms with Crippen molar-refractivity contribution >= 4 is 11.6 Å². The van der Waals surface area contributed by atoms with Crippen LogP contribution in [0.25, 0.3) is 0 Å². The Morgan fingerprint density at radius 3 is 2.64 bits per heavy atom. The van der Waals surface area contributed by atoms with E-state index in [9.17, 15) is 5.11 Å². The van der Waals surface area contributed by atoms with Crippen molar-refractivity contribution in [3.63, 3.8) is 0 Å². The number of aliphatic hydroxyl groups excluding tert-OH is 1. The molecule has 1 saturated carbocycles. The molecule has 4 heteroatoms. The van der Waals surface area contributed by atoms with E-state index in [1.165, 1.54) is 62.7 Å². The largest absolute Gasteiger partial charge is 0.395 e. The van der Waals surface area contributed by atoms with Gasteiger partial charge in [-0.2, -0.15) is 0 Å². The number of rotatable bonds is 7. The van der Waals surface area contributed by atoms with Gasteiger partial charge < -0.3 is 10.4 Å². The number of aliphatic hydroxyl groups is 1. The Hall–Kier alpha value is -0.610. The first kappa shape index (κ1) is 19.2. The lowest BCUT2D eigenvalue weighted by Gasteiger charge is -2.33. The molecule has 1 aromatic rings. The molecule has 0 radical (unpaired) electrons. The second-order valence-electron chi connectivity index (χ2n) is 8.09. The van der Waals surface area contributed by atoms with E-state index in [-0.39, 0.29) is 0 Å². The van der Waals surface area contributed by atoms with Crippen molar-refractivity contribution in [1.82, 2.24) is 10.2 Å². The third-order valence-electron chi connectivity index (χ3n) is 6.13.